The predicted molar refractivity (Wildman–Crippen MR) is 105 cm³/mol. The van der Waals surface area contributed by atoms with Crippen molar-refractivity contribution in [2.75, 3.05) is 12.4 Å². The number of aromatic amines is 1. The van der Waals surface area contributed by atoms with Crippen molar-refractivity contribution in [2.24, 2.45) is 0 Å². The zero-order valence-electron chi connectivity index (χ0n) is 13.9. The molecule has 1 heterocycles. The van der Waals surface area contributed by atoms with E-state index in [4.69, 9.17) is 27.9 Å². The van der Waals surface area contributed by atoms with Gasteiger partial charge in [0.05, 0.1) is 28.4 Å². The lowest BCUT2D eigenvalue weighted by Crippen LogP contribution is -2.17. The van der Waals surface area contributed by atoms with Gasteiger partial charge in [-0.25, -0.2) is 0 Å². The van der Waals surface area contributed by atoms with Gasteiger partial charge in [0.1, 0.15) is 5.75 Å². The monoisotopic (exact) mass is 390 g/mol. The summed E-state index contributed by atoms with van der Waals surface area (Å²) in [5.74, 6) is 0.419. The van der Waals surface area contributed by atoms with Crippen LogP contribution in [0, 0.1) is 0 Å². The van der Waals surface area contributed by atoms with Gasteiger partial charge in [0, 0.05) is 18.1 Å². The fraction of sp³-hybridized carbons (Fsp3) is 0.158. The van der Waals surface area contributed by atoms with E-state index in [0.717, 1.165) is 5.39 Å². The van der Waals surface area contributed by atoms with Gasteiger partial charge in [0.25, 0.3) is 5.56 Å². The van der Waals surface area contributed by atoms with Crippen LogP contribution in [0.3, 0.4) is 0 Å². The number of aromatic nitrogens is 1. The largest absolute Gasteiger partial charge is 0.497 e. The first kappa shape index (κ1) is 18.3. The van der Waals surface area contributed by atoms with Gasteiger partial charge in [-0.05, 0) is 42.1 Å². The molecule has 1 amide bonds. The van der Waals surface area contributed by atoms with Crippen molar-refractivity contribution in [2.45, 2.75) is 12.8 Å². The van der Waals surface area contributed by atoms with Crippen LogP contribution >= 0.6 is 23.2 Å². The zero-order valence-corrected chi connectivity index (χ0v) is 15.4. The summed E-state index contributed by atoms with van der Waals surface area (Å²) in [5.41, 5.74) is 1.45. The number of benzene rings is 2. The van der Waals surface area contributed by atoms with E-state index in [9.17, 15) is 9.59 Å². The van der Waals surface area contributed by atoms with Crippen LogP contribution in [-0.2, 0) is 11.2 Å². The molecule has 0 aliphatic heterocycles. The van der Waals surface area contributed by atoms with Gasteiger partial charge in [0.15, 0.2) is 0 Å². The number of H-pyrrole nitrogens is 1. The number of anilines is 1. The third-order valence-corrected chi connectivity index (χ3v) is 4.80. The van der Waals surface area contributed by atoms with Crippen molar-refractivity contribution in [3.05, 3.63) is 68.4 Å². The van der Waals surface area contributed by atoms with E-state index in [1.54, 1.807) is 37.4 Å². The standard InChI is InChI=1S/C19H16Cl2N2O3/c1-26-13-7-5-11-9-12(19(25)23-16(11)10-13)6-8-17(24)22-15-4-2-3-14(20)18(15)21/h2-5,7,9-10H,6,8H2,1H3,(H,22,24)(H,23,25). The molecule has 0 aliphatic carbocycles. The Balaban J connectivity index is 1.73. The van der Waals surface area contributed by atoms with Crippen molar-refractivity contribution in [1.29, 1.82) is 0 Å². The fourth-order valence-electron chi connectivity index (χ4n) is 2.60. The second-order valence-electron chi connectivity index (χ2n) is 5.73. The van der Waals surface area contributed by atoms with E-state index in [1.165, 1.54) is 0 Å². The summed E-state index contributed by atoms with van der Waals surface area (Å²) in [5, 5.41) is 4.24. The maximum Gasteiger partial charge on any atom is 0.251 e. The van der Waals surface area contributed by atoms with Gasteiger partial charge >= 0.3 is 0 Å². The molecule has 2 aromatic carbocycles. The minimum absolute atomic E-state index is 0.146. The number of rotatable bonds is 5. The van der Waals surface area contributed by atoms with Gasteiger partial charge < -0.3 is 15.0 Å². The molecule has 2 N–H and O–H groups in total. The molecule has 0 saturated carbocycles. The highest BCUT2D eigenvalue weighted by atomic mass is 35.5. The smallest absolute Gasteiger partial charge is 0.251 e. The number of fused-ring (bicyclic) bond motifs is 1. The number of hydrogen-bond acceptors (Lipinski definition) is 3. The Morgan fingerprint density at radius 3 is 2.77 bits per heavy atom. The molecule has 3 aromatic rings. The summed E-state index contributed by atoms with van der Waals surface area (Å²) in [6, 6.07) is 12.2. The summed E-state index contributed by atoms with van der Waals surface area (Å²) in [4.78, 5) is 27.2. The molecule has 0 radical (unpaired) electrons. The molecular formula is C19H16Cl2N2O3. The highest BCUT2D eigenvalue weighted by molar-refractivity contribution is 6.43. The van der Waals surface area contributed by atoms with Gasteiger partial charge in [-0.1, -0.05) is 29.3 Å². The van der Waals surface area contributed by atoms with Gasteiger partial charge in [0.2, 0.25) is 5.91 Å². The normalized spacial score (nSPS) is 10.7. The summed E-state index contributed by atoms with van der Waals surface area (Å²) >= 11 is 12.0. The van der Waals surface area contributed by atoms with Crippen LogP contribution in [0.1, 0.15) is 12.0 Å². The average Bonchev–Trinajstić information content (AvgIpc) is 2.63. The van der Waals surface area contributed by atoms with Crippen LogP contribution in [0.25, 0.3) is 10.9 Å². The second-order valence-corrected chi connectivity index (χ2v) is 6.51. The SMILES string of the molecule is COc1ccc2cc(CCC(=O)Nc3cccc(Cl)c3Cl)c(=O)[nH]c2c1. The predicted octanol–water partition coefficient (Wildman–Crippen LogP) is 4.41. The lowest BCUT2D eigenvalue weighted by atomic mass is 10.1. The van der Waals surface area contributed by atoms with Crippen molar-refractivity contribution >= 4 is 45.7 Å². The van der Waals surface area contributed by atoms with E-state index in [-0.39, 0.29) is 17.9 Å². The quantitative estimate of drug-likeness (QED) is 0.677. The Bertz CT molecular complexity index is 1030. The first-order chi connectivity index (χ1) is 12.5. The number of carbonyl (C=O) groups is 1. The Labute approximate surface area is 159 Å². The third kappa shape index (κ3) is 4.00. The average molecular weight is 391 g/mol. The van der Waals surface area contributed by atoms with E-state index < -0.39 is 0 Å². The minimum Gasteiger partial charge on any atom is -0.497 e. The Morgan fingerprint density at radius 1 is 1.19 bits per heavy atom. The van der Waals surface area contributed by atoms with Crippen molar-refractivity contribution in [3.63, 3.8) is 0 Å². The van der Waals surface area contributed by atoms with Crippen molar-refractivity contribution in [1.82, 2.24) is 4.98 Å². The summed E-state index contributed by atoms with van der Waals surface area (Å²) < 4.78 is 5.15. The molecule has 0 unspecified atom stereocenters. The highest BCUT2D eigenvalue weighted by Crippen LogP contribution is 2.29. The maximum absolute atomic E-state index is 12.2. The molecule has 0 bridgehead atoms. The molecule has 7 heteroatoms. The molecule has 134 valence electrons. The van der Waals surface area contributed by atoms with Crippen molar-refractivity contribution in [3.8, 4) is 5.75 Å². The molecule has 0 saturated heterocycles. The molecule has 0 fully saturated rings. The molecule has 0 aliphatic rings. The van der Waals surface area contributed by atoms with Gasteiger partial charge in [-0.3, -0.25) is 9.59 Å². The van der Waals surface area contributed by atoms with Gasteiger partial charge in [-0.2, -0.15) is 0 Å². The van der Waals surface area contributed by atoms with E-state index >= 15 is 0 Å². The first-order valence-corrected chi connectivity index (χ1v) is 8.67. The molecular weight excluding hydrogens is 375 g/mol. The number of amides is 1. The van der Waals surface area contributed by atoms with Crippen LogP contribution in [0.15, 0.2) is 47.3 Å². The number of aryl methyl sites for hydroxylation is 1. The summed E-state index contributed by atoms with van der Waals surface area (Å²) in [6.45, 7) is 0. The van der Waals surface area contributed by atoms with Crippen LogP contribution in [-0.4, -0.2) is 18.0 Å². The fourth-order valence-corrected chi connectivity index (χ4v) is 2.95. The summed E-state index contributed by atoms with van der Waals surface area (Å²) in [7, 11) is 1.57. The molecule has 26 heavy (non-hydrogen) atoms. The molecule has 0 atom stereocenters. The van der Waals surface area contributed by atoms with Crippen LogP contribution in [0.4, 0.5) is 5.69 Å². The minimum atomic E-state index is -0.247. The number of halogens is 2. The van der Waals surface area contributed by atoms with Crippen molar-refractivity contribution < 1.29 is 9.53 Å². The zero-order chi connectivity index (χ0) is 18.7. The second kappa shape index (κ2) is 7.81. The van der Waals surface area contributed by atoms with E-state index in [2.05, 4.69) is 10.3 Å². The lowest BCUT2D eigenvalue weighted by Gasteiger charge is -2.08. The van der Waals surface area contributed by atoms with Crippen LogP contribution in [0.2, 0.25) is 10.0 Å². The lowest BCUT2D eigenvalue weighted by molar-refractivity contribution is -0.116. The molecule has 5 nitrogen and oxygen atoms in total. The van der Waals surface area contributed by atoms with E-state index in [1.807, 2.05) is 12.1 Å². The summed E-state index contributed by atoms with van der Waals surface area (Å²) in [6.07, 6.45) is 0.453. The van der Waals surface area contributed by atoms with E-state index in [0.29, 0.717) is 39.0 Å². The Kier molecular flexibility index (Phi) is 5.49. The Hall–Kier alpha value is -2.50. The number of carbonyl (C=O) groups excluding carboxylic acids is 1. The number of methoxy groups -OCH3 is 1. The van der Waals surface area contributed by atoms with Crippen LogP contribution < -0.4 is 15.6 Å². The van der Waals surface area contributed by atoms with Gasteiger partial charge in [-0.15, -0.1) is 0 Å². The Morgan fingerprint density at radius 2 is 2.00 bits per heavy atom. The molecule has 0 spiro atoms. The molecule has 1 aromatic heterocycles. The number of nitrogens with one attached hydrogen (secondary N) is 2. The number of hydrogen-bond donors (Lipinski definition) is 2. The topological polar surface area (TPSA) is 71.2 Å². The molecule has 3 rings (SSSR count). The number of pyridine rings is 1. The maximum atomic E-state index is 12.2. The van der Waals surface area contributed by atoms with Crippen LogP contribution in [0.5, 0.6) is 5.75 Å². The third-order valence-electron chi connectivity index (χ3n) is 3.98. The number of ether oxygens (including phenoxy) is 1. The first-order valence-electron chi connectivity index (χ1n) is 7.92. The highest BCUT2D eigenvalue weighted by Gasteiger charge is 2.10.